The Morgan fingerprint density at radius 1 is 0.950 bits per heavy atom. The first kappa shape index (κ1) is 53.4. The number of nitro groups is 1. The monoisotopic (exact) mass is 1110 g/mol. The lowest BCUT2D eigenvalue weighted by Crippen LogP contribution is -2.60. The van der Waals surface area contributed by atoms with Gasteiger partial charge < -0.3 is 39.7 Å². The zero-order chi connectivity index (χ0) is 55.5. The summed E-state index contributed by atoms with van der Waals surface area (Å²) < 4.78 is 42.9. The number of piperazine rings is 1. The highest BCUT2D eigenvalue weighted by Crippen LogP contribution is 2.54. The van der Waals surface area contributed by atoms with Gasteiger partial charge in [0.25, 0.3) is 21.6 Å². The summed E-state index contributed by atoms with van der Waals surface area (Å²) in [7, 11) is -3.07. The van der Waals surface area contributed by atoms with Crippen LogP contribution >= 0.6 is 0 Å². The van der Waals surface area contributed by atoms with Crippen LogP contribution in [0.3, 0.4) is 0 Å². The molecule has 1 amide bonds. The molecule has 80 heavy (non-hydrogen) atoms. The number of aromatic nitrogens is 4. The van der Waals surface area contributed by atoms with Crippen molar-refractivity contribution in [3.8, 4) is 11.6 Å². The van der Waals surface area contributed by atoms with Crippen molar-refractivity contribution >= 4 is 66.4 Å². The molecule has 4 aromatic carbocycles. The molecule has 2 saturated carbocycles. The van der Waals surface area contributed by atoms with Gasteiger partial charge in [-0.1, -0.05) is 50.2 Å². The Hall–Kier alpha value is -7.26. The van der Waals surface area contributed by atoms with E-state index in [0.29, 0.717) is 60.8 Å². The number of amides is 1. The minimum absolute atomic E-state index is 0.0514. The number of carbonyl (C=O) groups is 1. The molecule has 0 radical (unpaired) electrons. The summed E-state index contributed by atoms with van der Waals surface area (Å²) in [5, 5.41) is 27.2. The van der Waals surface area contributed by atoms with Crippen molar-refractivity contribution in [1.29, 1.82) is 0 Å². The minimum Gasteiger partial charge on any atom is -0.497 e. The number of ether oxygens (including phenoxy) is 2. The maximum absolute atomic E-state index is 14.7. The van der Waals surface area contributed by atoms with E-state index < -0.39 is 37.0 Å². The van der Waals surface area contributed by atoms with Crippen LogP contribution in [0.15, 0.2) is 102 Å². The molecule has 2 saturated heterocycles. The fourth-order valence-corrected chi connectivity index (χ4v) is 14.6. The molecule has 12 rings (SSSR count). The van der Waals surface area contributed by atoms with E-state index in [1.54, 1.807) is 19.4 Å². The van der Waals surface area contributed by atoms with Crippen LogP contribution in [0.25, 0.3) is 22.1 Å². The maximum atomic E-state index is 14.7. The van der Waals surface area contributed by atoms with Crippen molar-refractivity contribution in [2.24, 2.45) is 11.3 Å². The number of hydrogen-bond donors (Lipinski definition) is 5. The molecule has 6 heterocycles. The standard InChI is InChI=1S/C60H71N11O8S/c1-38(2)45-7-5-6-8-46(45)51-36-67(35-40-9-12-44(78-4)13-10-40)25-26-69(51)43-32-60(33-43)20-23-68(24-21-60)42-11-14-47(48(30-42)70-27-28-79-58-50(70)29-41-17-22-61-56(41)65-58)57(72)66-80(76,77)52-31-49(71(74)75)53(55-54(52)63-37-64-55)62-34-39-15-18-59(3,73)19-16-39/h5-14,17,22,29-31,37-39,43,51,62,73H,15-16,18-21,23-28,32-36H2,1-4H3,(H,61,65)(H,63,64)(H,66,72)/t39-,51?,59-. The summed E-state index contributed by atoms with van der Waals surface area (Å²) in [4.78, 5) is 51.1. The number of imidazole rings is 1. The molecule has 19 nitrogen and oxygen atoms in total. The number of methoxy groups -OCH3 is 1. The van der Waals surface area contributed by atoms with E-state index in [1.165, 1.54) is 23.0 Å². The lowest BCUT2D eigenvalue weighted by Gasteiger charge is -2.58. The average molecular weight is 1110 g/mol. The van der Waals surface area contributed by atoms with Gasteiger partial charge in [-0.05, 0) is 135 Å². The van der Waals surface area contributed by atoms with Gasteiger partial charge in [-0.25, -0.2) is 18.1 Å². The zero-order valence-electron chi connectivity index (χ0n) is 45.9. The number of H-pyrrole nitrogens is 2. The topological polar surface area (TPSA) is 227 Å². The molecule has 5 aliphatic rings. The number of aliphatic hydroxyl groups is 1. The number of nitro benzene ring substituents is 1. The van der Waals surface area contributed by atoms with Crippen molar-refractivity contribution in [3.05, 3.63) is 130 Å². The Morgan fingerprint density at radius 3 is 2.48 bits per heavy atom. The average Bonchev–Trinajstić information content (AvgIpc) is 3.99. The number of aromatic amines is 2. The second-order valence-corrected chi connectivity index (χ2v) is 25.2. The van der Waals surface area contributed by atoms with Crippen molar-refractivity contribution in [3.63, 3.8) is 0 Å². The lowest BCUT2D eigenvalue weighted by atomic mass is 9.59. The molecule has 4 fully saturated rings. The molecule has 1 spiro atoms. The van der Waals surface area contributed by atoms with E-state index in [1.807, 2.05) is 48.2 Å². The van der Waals surface area contributed by atoms with E-state index in [9.17, 15) is 28.4 Å². The molecular formula is C60H71N11O8S. The molecule has 420 valence electrons. The van der Waals surface area contributed by atoms with Gasteiger partial charge in [0.2, 0.25) is 5.88 Å². The highest BCUT2D eigenvalue weighted by Gasteiger charge is 2.50. The van der Waals surface area contributed by atoms with Crippen LogP contribution in [0.5, 0.6) is 11.6 Å². The molecule has 0 bridgehead atoms. The summed E-state index contributed by atoms with van der Waals surface area (Å²) in [6.45, 7) is 12.9. The quantitative estimate of drug-likeness (QED) is 0.0476. The van der Waals surface area contributed by atoms with E-state index in [-0.39, 0.29) is 46.3 Å². The normalized spacial score (nSPS) is 21.8. The van der Waals surface area contributed by atoms with Crippen LogP contribution in [0.1, 0.15) is 111 Å². The van der Waals surface area contributed by atoms with Gasteiger partial charge in [-0.3, -0.25) is 24.7 Å². The Bertz CT molecular complexity index is 3560. The number of piperidine rings is 1. The van der Waals surface area contributed by atoms with Crippen LogP contribution in [0, 0.1) is 21.4 Å². The summed E-state index contributed by atoms with van der Waals surface area (Å²) in [6.07, 6.45) is 10.1. The minimum atomic E-state index is -4.77. The molecule has 2 aliphatic carbocycles. The fourth-order valence-electron chi connectivity index (χ4n) is 13.4. The lowest BCUT2D eigenvalue weighted by molar-refractivity contribution is -0.384. The number of sulfonamides is 1. The Morgan fingerprint density at radius 2 is 1.73 bits per heavy atom. The third-order valence-corrected chi connectivity index (χ3v) is 19.3. The summed E-state index contributed by atoms with van der Waals surface area (Å²) in [6, 6.07) is 28.6. The number of hydrogen-bond acceptors (Lipinski definition) is 15. The van der Waals surface area contributed by atoms with Crippen molar-refractivity contribution in [2.75, 3.05) is 74.6 Å². The predicted molar refractivity (Wildman–Crippen MR) is 309 cm³/mol. The molecule has 1 atom stereocenters. The van der Waals surface area contributed by atoms with E-state index >= 15 is 0 Å². The van der Waals surface area contributed by atoms with Gasteiger partial charge in [-0.2, -0.15) is 4.98 Å². The van der Waals surface area contributed by atoms with Gasteiger partial charge in [-0.15, -0.1) is 0 Å². The highest BCUT2D eigenvalue weighted by molar-refractivity contribution is 7.90. The smallest absolute Gasteiger partial charge is 0.296 e. The Balaban J connectivity index is 0.788. The van der Waals surface area contributed by atoms with Gasteiger partial charge in [0.15, 0.2) is 0 Å². The van der Waals surface area contributed by atoms with Crippen LogP contribution in [-0.2, 0) is 16.6 Å². The number of carbonyl (C=O) groups excluding carboxylic acids is 1. The number of rotatable bonds is 15. The third kappa shape index (κ3) is 10.4. The Kier molecular flexibility index (Phi) is 14.2. The largest absolute Gasteiger partial charge is 0.497 e. The Labute approximate surface area is 466 Å². The zero-order valence-corrected chi connectivity index (χ0v) is 46.7. The third-order valence-electron chi connectivity index (χ3n) is 18.0. The van der Waals surface area contributed by atoms with Crippen LogP contribution < -0.4 is 29.3 Å². The number of fused-ring (bicyclic) bond motifs is 3. The van der Waals surface area contributed by atoms with Crippen LogP contribution in [-0.4, -0.2) is 125 Å². The van der Waals surface area contributed by atoms with Crippen molar-refractivity contribution < 1.29 is 32.7 Å². The molecule has 7 aromatic rings. The van der Waals surface area contributed by atoms with Gasteiger partial charge in [0.05, 0.1) is 47.3 Å². The van der Waals surface area contributed by atoms with Gasteiger partial charge >= 0.3 is 0 Å². The molecular weight excluding hydrogens is 1030 g/mol. The van der Waals surface area contributed by atoms with E-state index in [4.69, 9.17) is 14.5 Å². The highest BCUT2D eigenvalue weighted by atomic mass is 32.2. The van der Waals surface area contributed by atoms with Crippen molar-refractivity contribution in [1.82, 2.24) is 34.5 Å². The summed E-state index contributed by atoms with van der Waals surface area (Å²) >= 11 is 0. The molecule has 3 aliphatic heterocycles. The first-order valence-corrected chi connectivity index (χ1v) is 29.7. The molecule has 1 unspecified atom stereocenters. The summed E-state index contributed by atoms with van der Waals surface area (Å²) in [5.41, 5.74) is 6.05. The molecule has 20 heteroatoms. The molecule has 3 aromatic heterocycles. The van der Waals surface area contributed by atoms with Gasteiger partial charge in [0, 0.05) is 81.2 Å². The van der Waals surface area contributed by atoms with Crippen LogP contribution in [0.2, 0.25) is 0 Å². The fraction of sp³-hybridized carbons (Fsp3) is 0.450. The molecule has 5 N–H and O–H groups in total. The number of anilines is 4. The second-order valence-electron chi connectivity index (χ2n) is 23.5. The summed E-state index contributed by atoms with van der Waals surface area (Å²) in [5.74, 6) is 0.885. The second kappa shape index (κ2) is 21.3. The number of benzene rings is 4. The van der Waals surface area contributed by atoms with Crippen LogP contribution in [0.4, 0.5) is 28.4 Å². The van der Waals surface area contributed by atoms with Crippen molar-refractivity contribution in [2.45, 2.75) is 107 Å². The van der Waals surface area contributed by atoms with Gasteiger partial charge in [0.1, 0.15) is 39.8 Å². The number of nitrogens with one attached hydrogen (secondary N) is 4. The first-order valence-electron chi connectivity index (χ1n) is 28.2. The first-order chi connectivity index (χ1) is 38.5. The van der Waals surface area contributed by atoms with E-state index in [0.717, 1.165) is 101 Å². The number of pyridine rings is 1. The maximum Gasteiger partial charge on any atom is 0.296 e. The predicted octanol–water partition coefficient (Wildman–Crippen LogP) is 9.79. The SMILES string of the molecule is COc1ccc(CN2CCN(C3CC4(CCN(c5ccc(C(=O)NS(=O)(=O)c6cc([N+](=O)[O-])c(NC[C@H]7CC[C@](C)(O)CC7)c7[nH]cnc67)c(N6CCOc7nc8[nH]ccc8cc76)c5)CC4)C3)C(c3ccccc3C(C)C)C2)cc1. The van der Waals surface area contributed by atoms with E-state index in [2.05, 4.69) is 89.9 Å². The number of nitrogens with zero attached hydrogens (tertiary/aromatic N) is 7.